The van der Waals surface area contributed by atoms with Crippen LogP contribution in [0.15, 0.2) is 12.1 Å². The highest BCUT2D eigenvalue weighted by Crippen LogP contribution is 2.36. The lowest BCUT2D eigenvalue weighted by Crippen LogP contribution is -2.14. The van der Waals surface area contributed by atoms with Gasteiger partial charge in [-0.15, -0.1) is 0 Å². The normalized spacial score (nSPS) is 10.6. The molecule has 1 aromatic rings. The summed E-state index contributed by atoms with van der Waals surface area (Å²) in [5, 5.41) is 3.90. The van der Waals surface area contributed by atoms with Gasteiger partial charge in [-0.25, -0.2) is 0 Å². The van der Waals surface area contributed by atoms with Gasteiger partial charge < -0.3 is 19.5 Å². The minimum absolute atomic E-state index is 0.456. The molecule has 0 atom stereocenters. The maximum atomic E-state index is 6.27. The van der Waals surface area contributed by atoms with Crippen molar-refractivity contribution in [2.45, 2.75) is 26.8 Å². The van der Waals surface area contributed by atoms with Crippen molar-refractivity contribution in [3.05, 3.63) is 22.7 Å². The maximum absolute atomic E-state index is 6.27. The Morgan fingerprint density at radius 1 is 1.20 bits per heavy atom. The number of ether oxygens (including phenoxy) is 3. The van der Waals surface area contributed by atoms with Crippen LogP contribution >= 0.6 is 11.6 Å². The summed E-state index contributed by atoms with van der Waals surface area (Å²) < 4.78 is 16.2. The van der Waals surface area contributed by atoms with E-state index in [9.17, 15) is 0 Å². The van der Waals surface area contributed by atoms with Crippen molar-refractivity contribution >= 4 is 11.6 Å². The van der Waals surface area contributed by atoms with Crippen LogP contribution in [0, 0.1) is 0 Å². The third kappa shape index (κ3) is 5.57. The molecule has 1 aromatic carbocycles. The second-order valence-electron chi connectivity index (χ2n) is 4.33. The quantitative estimate of drug-likeness (QED) is 0.673. The number of rotatable bonds is 10. The first kappa shape index (κ1) is 17.1. The molecule has 0 saturated carbocycles. The van der Waals surface area contributed by atoms with Crippen LogP contribution in [0.1, 0.15) is 25.8 Å². The standard InChI is InChI=1S/C15H24ClNO3/c1-4-6-17-11-12-9-13(16)15(14(10-12)18-3)20-8-7-19-5-2/h9-10,17H,4-8,11H2,1-3H3. The Labute approximate surface area is 126 Å². The van der Waals surface area contributed by atoms with Crippen LogP contribution < -0.4 is 14.8 Å². The van der Waals surface area contributed by atoms with Crippen molar-refractivity contribution < 1.29 is 14.2 Å². The van der Waals surface area contributed by atoms with Gasteiger partial charge in [0.2, 0.25) is 0 Å². The second-order valence-corrected chi connectivity index (χ2v) is 4.74. The molecule has 0 aliphatic carbocycles. The van der Waals surface area contributed by atoms with Gasteiger partial charge in [0.25, 0.3) is 0 Å². The Morgan fingerprint density at radius 3 is 2.65 bits per heavy atom. The fourth-order valence-electron chi connectivity index (χ4n) is 1.77. The number of halogens is 1. The smallest absolute Gasteiger partial charge is 0.179 e. The van der Waals surface area contributed by atoms with Gasteiger partial charge in [0, 0.05) is 13.2 Å². The van der Waals surface area contributed by atoms with E-state index < -0.39 is 0 Å². The summed E-state index contributed by atoms with van der Waals surface area (Å²) in [5.41, 5.74) is 1.08. The summed E-state index contributed by atoms with van der Waals surface area (Å²) in [6, 6.07) is 3.85. The van der Waals surface area contributed by atoms with Gasteiger partial charge >= 0.3 is 0 Å². The van der Waals surface area contributed by atoms with Gasteiger partial charge in [0.15, 0.2) is 11.5 Å². The highest BCUT2D eigenvalue weighted by molar-refractivity contribution is 6.32. The molecule has 4 nitrogen and oxygen atoms in total. The Kier molecular flexibility index (Phi) is 8.42. The highest BCUT2D eigenvalue weighted by Gasteiger charge is 2.11. The van der Waals surface area contributed by atoms with Crippen molar-refractivity contribution in [1.82, 2.24) is 5.32 Å². The molecular formula is C15H24ClNO3. The first-order valence-electron chi connectivity index (χ1n) is 7.00. The molecule has 1 N–H and O–H groups in total. The molecule has 0 bridgehead atoms. The predicted molar refractivity (Wildman–Crippen MR) is 82.0 cm³/mol. The highest BCUT2D eigenvalue weighted by atomic mass is 35.5. The fraction of sp³-hybridized carbons (Fsp3) is 0.600. The van der Waals surface area contributed by atoms with E-state index >= 15 is 0 Å². The van der Waals surface area contributed by atoms with Crippen molar-refractivity contribution in [1.29, 1.82) is 0 Å². The largest absolute Gasteiger partial charge is 0.493 e. The first-order valence-corrected chi connectivity index (χ1v) is 7.38. The van der Waals surface area contributed by atoms with Crippen molar-refractivity contribution in [2.75, 3.05) is 33.5 Å². The van der Waals surface area contributed by atoms with Crippen LogP contribution in [0.2, 0.25) is 5.02 Å². The molecular weight excluding hydrogens is 278 g/mol. The average molecular weight is 302 g/mol. The van der Waals surface area contributed by atoms with Gasteiger partial charge in [-0.3, -0.25) is 0 Å². The van der Waals surface area contributed by atoms with E-state index in [1.54, 1.807) is 7.11 Å². The van der Waals surface area contributed by atoms with Crippen LogP contribution in [-0.2, 0) is 11.3 Å². The average Bonchev–Trinajstić information content (AvgIpc) is 2.45. The van der Waals surface area contributed by atoms with Crippen LogP contribution in [0.25, 0.3) is 0 Å². The Balaban J connectivity index is 2.69. The SMILES string of the molecule is CCCNCc1cc(Cl)c(OCCOCC)c(OC)c1. The summed E-state index contributed by atoms with van der Waals surface area (Å²) in [4.78, 5) is 0. The third-order valence-corrected chi connectivity index (χ3v) is 3.00. The molecule has 0 radical (unpaired) electrons. The maximum Gasteiger partial charge on any atom is 0.179 e. The molecule has 0 aliphatic rings. The summed E-state index contributed by atoms with van der Waals surface area (Å²) >= 11 is 6.27. The van der Waals surface area contributed by atoms with Crippen LogP contribution in [0.4, 0.5) is 0 Å². The lowest BCUT2D eigenvalue weighted by molar-refractivity contribution is 0.109. The van der Waals surface area contributed by atoms with E-state index in [-0.39, 0.29) is 0 Å². The lowest BCUT2D eigenvalue weighted by atomic mass is 10.2. The number of hydrogen-bond acceptors (Lipinski definition) is 4. The van der Waals surface area contributed by atoms with Gasteiger partial charge in [-0.1, -0.05) is 18.5 Å². The van der Waals surface area contributed by atoms with Gasteiger partial charge in [0.05, 0.1) is 18.7 Å². The molecule has 0 aromatic heterocycles. The summed E-state index contributed by atoms with van der Waals surface area (Å²) in [6.45, 7) is 7.50. The topological polar surface area (TPSA) is 39.7 Å². The Hall–Kier alpha value is -0.970. The molecule has 0 heterocycles. The molecule has 0 unspecified atom stereocenters. The zero-order valence-electron chi connectivity index (χ0n) is 12.5. The molecule has 114 valence electrons. The number of hydrogen-bond donors (Lipinski definition) is 1. The lowest BCUT2D eigenvalue weighted by Gasteiger charge is -2.14. The number of benzene rings is 1. The molecule has 0 amide bonds. The van der Waals surface area contributed by atoms with Gasteiger partial charge in [0.1, 0.15) is 6.61 Å². The zero-order valence-corrected chi connectivity index (χ0v) is 13.3. The molecule has 1 rings (SSSR count). The molecule has 5 heteroatoms. The zero-order chi connectivity index (χ0) is 14.8. The Morgan fingerprint density at radius 2 is 2.00 bits per heavy atom. The monoisotopic (exact) mass is 301 g/mol. The molecule has 0 aliphatic heterocycles. The predicted octanol–water partition coefficient (Wildman–Crippen LogP) is 3.26. The molecule has 0 fully saturated rings. The minimum Gasteiger partial charge on any atom is -0.493 e. The van der Waals surface area contributed by atoms with Crippen molar-refractivity contribution in [3.8, 4) is 11.5 Å². The van der Waals surface area contributed by atoms with E-state index in [1.165, 1.54) is 0 Å². The van der Waals surface area contributed by atoms with Crippen LogP contribution in [-0.4, -0.2) is 33.5 Å². The molecule has 0 saturated heterocycles. The van der Waals surface area contributed by atoms with E-state index in [0.29, 0.717) is 36.3 Å². The fourth-order valence-corrected chi connectivity index (χ4v) is 2.06. The van der Waals surface area contributed by atoms with E-state index in [0.717, 1.165) is 25.1 Å². The van der Waals surface area contributed by atoms with E-state index in [4.69, 9.17) is 25.8 Å². The third-order valence-electron chi connectivity index (χ3n) is 2.72. The molecule has 0 spiro atoms. The number of nitrogens with one attached hydrogen (secondary N) is 1. The van der Waals surface area contributed by atoms with Crippen molar-refractivity contribution in [2.24, 2.45) is 0 Å². The first-order chi connectivity index (χ1) is 9.72. The minimum atomic E-state index is 0.456. The molecule has 20 heavy (non-hydrogen) atoms. The summed E-state index contributed by atoms with van der Waals surface area (Å²) in [6.07, 6.45) is 1.10. The van der Waals surface area contributed by atoms with E-state index in [2.05, 4.69) is 12.2 Å². The van der Waals surface area contributed by atoms with Gasteiger partial charge in [-0.2, -0.15) is 0 Å². The summed E-state index contributed by atoms with van der Waals surface area (Å²) in [7, 11) is 1.62. The van der Waals surface area contributed by atoms with E-state index in [1.807, 2.05) is 19.1 Å². The second kappa shape index (κ2) is 9.86. The summed E-state index contributed by atoms with van der Waals surface area (Å²) in [5.74, 6) is 1.23. The number of methoxy groups -OCH3 is 1. The van der Waals surface area contributed by atoms with Crippen LogP contribution in [0.5, 0.6) is 11.5 Å². The van der Waals surface area contributed by atoms with Gasteiger partial charge in [-0.05, 0) is 37.6 Å². The van der Waals surface area contributed by atoms with Crippen LogP contribution in [0.3, 0.4) is 0 Å². The van der Waals surface area contributed by atoms with Crippen molar-refractivity contribution in [3.63, 3.8) is 0 Å². The Bertz CT molecular complexity index is 399.